The Kier molecular flexibility index (Phi) is 5.33. The highest BCUT2D eigenvalue weighted by Crippen LogP contribution is 2.04. The molecule has 0 aromatic carbocycles. The number of hydrogen-bond donors (Lipinski definition) is 1. The molecule has 1 atom stereocenters. The van der Waals surface area contributed by atoms with E-state index in [1.165, 1.54) is 12.0 Å². The highest BCUT2D eigenvalue weighted by Gasteiger charge is 2.03. The Balaban J connectivity index is 2.16. The zero-order valence-electron chi connectivity index (χ0n) is 10.0. The molecule has 1 rings (SSSR count). The molecule has 0 saturated heterocycles. The zero-order valence-corrected chi connectivity index (χ0v) is 10.0. The minimum atomic E-state index is 0.617. The van der Waals surface area contributed by atoms with Crippen molar-refractivity contribution in [1.82, 2.24) is 10.3 Å². The monoisotopic (exact) mass is 206 g/mol. The van der Waals surface area contributed by atoms with Crippen LogP contribution in [0.3, 0.4) is 0 Å². The van der Waals surface area contributed by atoms with E-state index in [9.17, 15) is 0 Å². The van der Waals surface area contributed by atoms with Crippen molar-refractivity contribution >= 4 is 0 Å². The van der Waals surface area contributed by atoms with Gasteiger partial charge in [0, 0.05) is 18.4 Å². The number of rotatable bonds is 6. The largest absolute Gasteiger partial charge is 0.314 e. The van der Waals surface area contributed by atoms with Gasteiger partial charge in [0.2, 0.25) is 0 Å². The summed E-state index contributed by atoms with van der Waals surface area (Å²) in [6, 6.07) is 4.77. The number of hydrogen-bond acceptors (Lipinski definition) is 2. The van der Waals surface area contributed by atoms with E-state index in [1.807, 2.05) is 12.4 Å². The maximum absolute atomic E-state index is 4.01. The predicted molar refractivity (Wildman–Crippen MR) is 64.9 cm³/mol. The quantitative estimate of drug-likeness (QED) is 0.774. The third-order valence-electron chi connectivity index (χ3n) is 2.48. The van der Waals surface area contributed by atoms with Gasteiger partial charge in [-0.05, 0) is 49.9 Å². The average molecular weight is 206 g/mol. The fraction of sp³-hybridized carbons (Fsp3) is 0.615. The van der Waals surface area contributed by atoms with Crippen LogP contribution in [-0.2, 0) is 6.42 Å². The first-order chi connectivity index (χ1) is 7.18. The van der Waals surface area contributed by atoms with E-state index in [2.05, 4.69) is 43.2 Å². The zero-order chi connectivity index (χ0) is 11.1. The molecule has 0 radical (unpaired) electrons. The van der Waals surface area contributed by atoms with Crippen LogP contribution in [0.5, 0.6) is 0 Å². The van der Waals surface area contributed by atoms with Crippen LogP contribution in [0.2, 0.25) is 0 Å². The number of nitrogens with zero attached hydrogens (tertiary/aromatic N) is 1. The molecule has 1 heterocycles. The van der Waals surface area contributed by atoms with Crippen LogP contribution in [-0.4, -0.2) is 17.6 Å². The lowest BCUT2D eigenvalue weighted by Crippen LogP contribution is -2.29. The molecule has 1 aromatic heterocycles. The first-order valence-electron chi connectivity index (χ1n) is 5.80. The third-order valence-corrected chi connectivity index (χ3v) is 2.48. The van der Waals surface area contributed by atoms with Crippen molar-refractivity contribution in [1.29, 1.82) is 0 Å². The van der Waals surface area contributed by atoms with E-state index in [0.29, 0.717) is 6.04 Å². The Labute approximate surface area is 93.1 Å². The Morgan fingerprint density at radius 3 is 2.47 bits per heavy atom. The van der Waals surface area contributed by atoms with Crippen molar-refractivity contribution in [2.75, 3.05) is 6.54 Å². The van der Waals surface area contributed by atoms with Crippen molar-refractivity contribution in [2.45, 2.75) is 39.7 Å². The Morgan fingerprint density at radius 2 is 1.87 bits per heavy atom. The molecule has 0 amide bonds. The van der Waals surface area contributed by atoms with Crippen LogP contribution in [0.15, 0.2) is 24.5 Å². The molecule has 0 aliphatic carbocycles. The van der Waals surface area contributed by atoms with Gasteiger partial charge < -0.3 is 5.32 Å². The third kappa shape index (κ3) is 5.53. The molecule has 1 aromatic rings. The van der Waals surface area contributed by atoms with Gasteiger partial charge in [0.15, 0.2) is 0 Å². The molecule has 1 N–H and O–H groups in total. The van der Waals surface area contributed by atoms with Gasteiger partial charge in [0.25, 0.3) is 0 Å². The predicted octanol–water partition coefficient (Wildman–Crippen LogP) is 2.65. The molecule has 1 unspecified atom stereocenters. The SMILES string of the molecule is CC(C)CC(C)NCCc1ccncc1. The first kappa shape index (κ1) is 12.2. The standard InChI is InChI=1S/C13H22N2/c1-11(2)10-12(3)15-9-6-13-4-7-14-8-5-13/h4-5,7-8,11-12,15H,6,9-10H2,1-3H3. The minimum Gasteiger partial charge on any atom is -0.314 e. The summed E-state index contributed by atoms with van der Waals surface area (Å²) in [6.07, 6.45) is 6.04. The van der Waals surface area contributed by atoms with E-state index >= 15 is 0 Å². The fourth-order valence-electron chi connectivity index (χ4n) is 1.80. The van der Waals surface area contributed by atoms with Crippen LogP contribution in [0.1, 0.15) is 32.8 Å². The van der Waals surface area contributed by atoms with Gasteiger partial charge in [0.1, 0.15) is 0 Å². The van der Waals surface area contributed by atoms with Crippen LogP contribution >= 0.6 is 0 Å². The maximum atomic E-state index is 4.01. The molecule has 0 aliphatic rings. The van der Waals surface area contributed by atoms with Crippen LogP contribution in [0.25, 0.3) is 0 Å². The second kappa shape index (κ2) is 6.57. The molecular formula is C13H22N2. The fourth-order valence-corrected chi connectivity index (χ4v) is 1.80. The molecular weight excluding hydrogens is 184 g/mol. The summed E-state index contributed by atoms with van der Waals surface area (Å²) in [7, 11) is 0. The van der Waals surface area contributed by atoms with Crippen molar-refractivity contribution < 1.29 is 0 Å². The average Bonchev–Trinajstić information content (AvgIpc) is 2.18. The second-order valence-corrected chi connectivity index (χ2v) is 4.59. The summed E-state index contributed by atoms with van der Waals surface area (Å²) >= 11 is 0. The van der Waals surface area contributed by atoms with Crippen LogP contribution in [0, 0.1) is 5.92 Å². The first-order valence-corrected chi connectivity index (χ1v) is 5.80. The lowest BCUT2D eigenvalue weighted by Gasteiger charge is -2.15. The Bertz CT molecular complexity index is 256. The highest BCUT2D eigenvalue weighted by atomic mass is 14.9. The van der Waals surface area contributed by atoms with Crippen LogP contribution < -0.4 is 5.32 Å². The number of nitrogens with one attached hydrogen (secondary N) is 1. The molecule has 2 heteroatoms. The summed E-state index contributed by atoms with van der Waals surface area (Å²) in [5.74, 6) is 0.772. The van der Waals surface area contributed by atoms with Crippen molar-refractivity contribution in [3.05, 3.63) is 30.1 Å². The molecule has 0 saturated carbocycles. The van der Waals surface area contributed by atoms with E-state index in [-0.39, 0.29) is 0 Å². The maximum Gasteiger partial charge on any atom is 0.0270 e. The lowest BCUT2D eigenvalue weighted by molar-refractivity contribution is 0.445. The summed E-state index contributed by atoms with van der Waals surface area (Å²) in [6.45, 7) is 7.84. The van der Waals surface area contributed by atoms with Gasteiger partial charge in [-0.1, -0.05) is 13.8 Å². The van der Waals surface area contributed by atoms with Crippen molar-refractivity contribution in [2.24, 2.45) is 5.92 Å². The normalized spacial score (nSPS) is 13.1. The Morgan fingerprint density at radius 1 is 1.20 bits per heavy atom. The Hall–Kier alpha value is -0.890. The summed E-state index contributed by atoms with van der Waals surface area (Å²) in [5, 5.41) is 3.54. The summed E-state index contributed by atoms with van der Waals surface area (Å²) < 4.78 is 0. The van der Waals surface area contributed by atoms with Crippen molar-refractivity contribution in [3.63, 3.8) is 0 Å². The number of pyridine rings is 1. The molecule has 84 valence electrons. The summed E-state index contributed by atoms with van der Waals surface area (Å²) in [5.41, 5.74) is 1.36. The highest BCUT2D eigenvalue weighted by molar-refractivity contribution is 5.09. The molecule has 0 spiro atoms. The van der Waals surface area contributed by atoms with E-state index in [0.717, 1.165) is 18.9 Å². The lowest BCUT2D eigenvalue weighted by atomic mass is 10.1. The topological polar surface area (TPSA) is 24.9 Å². The van der Waals surface area contributed by atoms with Gasteiger partial charge in [0.05, 0.1) is 0 Å². The molecule has 0 aliphatic heterocycles. The van der Waals surface area contributed by atoms with E-state index < -0.39 is 0 Å². The second-order valence-electron chi connectivity index (χ2n) is 4.59. The van der Waals surface area contributed by atoms with Crippen LogP contribution in [0.4, 0.5) is 0 Å². The minimum absolute atomic E-state index is 0.617. The van der Waals surface area contributed by atoms with Gasteiger partial charge in [-0.15, -0.1) is 0 Å². The smallest absolute Gasteiger partial charge is 0.0270 e. The summed E-state index contributed by atoms with van der Waals surface area (Å²) in [4.78, 5) is 4.01. The van der Waals surface area contributed by atoms with Gasteiger partial charge >= 0.3 is 0 Å². The van der Waals surface area contributed by atoms with Gasteiger partial charge in [-0.25, -0.2) is 0 Å². The van der Waals surface area contributed by atoms with Gasteiger partial charge in [-0.3, -0.25) is 4.98 Å². The van der Waals surface area contributed by atoms with Crippen molar-refractivity contribution in [3.8, 4) is 0 Å². The molecule has 2 nitrogen and oxygen atoms in total. The molecule has 15 heavy (non-hydrogen) atoms. The van der Waals surface area contributed by atoms with E-state index in [1.54, 1.807) is 0 Å². The molecule has 0 bridgehead atoms. The van der Waals surface area contributed by atoms with E-state index in [4.69, 9.17) is 0 Å². The molecule has 0 fully saturated rings. The van der Waals surface area contributed by atoms with Gasteiger partial charge in [-0.2, -0.15) is 0 Å². The number of aromatic nitrogens is 1.